The second kappa shape index (κ2) is 17.1. The Balaban J connectivity index is 1.13. The van der Waals surface area contributed by atoms with Crippen molar-refractivity contribution >= 4 is 0 Å². The Morgan fingerprint density at radius 3 is 0.962 bits per heavy atom. The van der Waals surface area contributed by atoms with E-state index in [0.29, 0.717) is 36.5 Å². The van der Waals surface area contributed by atoms with E-state index in [-0.39, 0.29) is 0 Å². The van der Waals surface area contributed by atoms with Crippen molar-refractivity contribution in [2.75, 3.05) is 28.4 Å². The fourth-order valence-corrected chi connectivity index (χ4v) is 15.4. The molecule has 0 aliphatic heterocycles. The predicted molar refractivity (Wildman–Crippen MR) is 210 cm³/mol. The molecule has 0 aromatic heterocycles. The van der Waals surface area contributed by atoms with Crippen LogP contribution in [-0.4, -0.2) is 98.9 Å². The summed E-state index contributed by atoms with van der Waals surface area (Å²) in [5.74, 6) is 6.46. The molecule has 0 aromatic rings. The molecule has 8 aliphatic carbocycles. The number of hydrogen-bond acceptors (Lipinski definition) is 6. The van der Waals surface area contributed by atoms with Crippen LogP contribution in [0.1, 0.15) is 155 Å². The van der Waals surface area contributed by atoms with Gasteiger partial charge in [-0.15, -0.1) is 0 Å². The van der Waals surface area contributed by atoms with E-state index in [1.807, 2.05) is 14.2 Å². The van der Waals surface area contributed by atoms with Crippen molar-refractivity contribution in [1.82, 2.24) is 9.80 Å². The van der Waals surface area contributed by atoms with Gasteiger partial charge in [0.05, 0.1) is 24.4 Å². The zero-order valence-corrected chi connectivity index (χ0v) is 34.5. The fraction of sp³-hybridized carbons (Fsp3) is 1.00. The summed E-state index contributed by atoms with van der Waals surface area (Å²) in [6.45, 7) is 5.01. The number of hydrogen-bond donors (Lipinski definition) is 0. The largest absolute Gasteiger partial charge is 0.381 e. The van der Waals surface area contributed by atoms with Crippen molar-refractivity contribution in [3.8, 4) is 0 Å². The van der Waals surface area contributed by atoms with Crippen LogP contribution >= 0.6 is 0 Å². The molecule has 8 rings (SSSR count). The van der Waals surface area contributed by atoms with E-state index in [1.165, 1.54) is 141 Å². The normalized spacial score (nSPS) is 49.8. The standard InChI is InChI=1S/C46H80N2O4/c1-29-7-11-31(12-8-29)47(33-15-19-35(49-3)20-16-33)41-27-43(51-5)39-26-24-38-42(28-44(52-6)40-25-23-37(41)45(39)46(38)40)48(32-13-9-30(2)10-14-32)34-17-21-36(50-4)22-18-34/h29-46H,7-28H2,1-6H3. The first kappa shape index (κ1) is 38.6. The molecule has 298 valence electrons. The van der Waals surface area contributed by atoms with Gasteiger partial charge in [-0.2, -0.15) is 0 Å². The van der Waals surface area contributed by atoms with E-state index in [2.05, 4.69) is 37.9 Å². The average molecular weight is 725 g/mol. The van der Waals surface area contributed by atoms with Crippen LogP contribution in [0.4, 0.5) is 0 Å². The number of methoxy groups -OCH3 is 4. The Bertz CT molecular complexity index is 1020. The van der Waals surface area contributed by atoms with Crippen LogP contribution in [0.25, 0.3) is 0 Å². The summed E-state index contributed by atoms with van der Waals surface area (Å²) < 4.78 is 25.3. The lowest BCUT2D eigenvalue weighted by atomic mass is 9.45. The molecule has 0 N–H and O–H groups in total. The number of ether oxygens (including phenoxy) is 4. The summed E-state index contributed by atoms with van der Waals surface area (Å²) in [7, 11) is 8.04. The van der Waals surface area contributed by atoms with Crippen molar-refractivity contribution in [2.24, 2.45) is 47.3 Å². The van der Waals surface area contributed by atoms with Crippen molar-refractivity contribution < 1.29 is 18.9 Å². The molecule has 8 fully saturated rings. The summed E-state index contributed by atoms with van der Waals surface area (Å²) in [6.07, 6.45) is 31.4. The lowest BCUT2D eigenvalue weighted by molar-refractivity contribution is -0.205. The van der Waals surface area contributed by atoms with Gasteiger partial charge in [0.2, 0.25) is 0 Å². The minimum atomic E-state index is 0.410. The Labute approximate surface area is 319 Å². The second-order valence-electron chi connectivity index (χ2n) is 20.2. The third-order valence-corrected chi connectivity index (χ3v) is 18.0. The summed E-state index contributed by atoms with van der Waals surface area (Å²) in [5.41, 5.74) is 0. The summed E-state index contributed by atoms with van der Waals surface area (Å²) >= 11 is 0. The third-order valence-electron chi connectivity index (χ3n) is 18.0. The Morgan fingerprint density at radius 1 is 0.346 bits per heavy atom. The molecule has 8 saturated carbocycles. The van der Waals surface area contributed by atoms with Gasteiger partial charge >= 0.3 is 0 Å². The molecule has 0 amide bonds. The molecule has 0 radical (unpaired) electrons. The average Bonchev–Trinajstić information content (AvgIpc) is 3.19. The molecule has 6 nitrogen and oxygen atoms in total. The monoisotopic (exact) mass is 725 g/mol. The molecule has 0 aromatic carbocycles. The van der Waals surface area contributed by atoms with Gasteiger partial charge in [-0.3, -0.25) is 9.80 Å². The van der Waals surface area contributed by atoms with E-state index in [4.69, 9.17) is 18.9 Å². The lowest BCUT2D eigenvalue weighted by Crippen LogP contribution is -2.68. The van der Waals surface area contributed by atoms with E-state index >= 15 is 0 Å². The van der Waals surface area contributed by atoms with Gasteiger partial charge in [-0.1, -0.05) is 13.8 Å². The highest BCUT2D eigenvalue weighted by Gasteiger charge is 2.62. The molecule has 0 bridgehead atoms. The van der Waals surface area contributed by atoms with Crippen LogP contribution in [0, 0.1) is 47.3 Å². The van der Waals surface area contributed by atoms with E-state index < -0.39 is 0 Å². The first-order valence-corrected chi connectivity index (χ1v) is 23.1. The minimum Gasteiger partial charge on any atom is -0.381 e. The van der Waals surface area contributed by atoms with E-state index in [0.717, 1.165) is 71.5 Å². The first-order valence-electron chi connectivity index (χ1n) is 23.1. The maximum Gasteiger partial charge on any atom is 0.0617 e. The smallest absolute Gasteiger partial charge is 0.0617 e. The molecular weight excluding hydrogens is 645 g/mol. The highest BCUT2D eigenvalue weighted by molar-refractivity contribution is 5.13. The Morgan fingerprint density at radius 2 is 0.654 bits per heavy atom. The van der Waals surface area contributed by atoms with Gasteiger partial charge in [0.25, 0.3) is 0 Å². The second-order valence-corrected chi connectivity index (χ2v) is 20.2. The van der Waals surface area contributed by atoms with Crippen LogP contribution in [0.2, 0.25) is 0 Å². The Hall–Kier alpha value is -0.240. The van der Waals surface area contributed by atoms with Gasteiger partial charge in [0.1, 0.15) is 0 Å². The maximum atomic E-state index is 6.70. The van der Waals surface area contributed by atoms with Crippen LogP contribution in [0.5, 0.6) is 0 Å². The summed E-state index contributed by atoms with van der Waals surface area (Å²) in [5, 5.41) is 0. The topological polar surface area (TPSA) is 43.4 Å². The van der Waals surface area contributed by atoms with E-state index in [9.17, 15) is 0 Å². The molecule has 52 heavy (non-hydrogen) atoms. The molecule has 0 heterocycles. The van der Waals surface area contributed by atoms with Crippen molar-refractivity contribution in [3.05, 3.63) is 0 Å². The lowest BCUT2D eigenvalue weighted by Gasteiger charge is -2.66. The van der Waals surface area contributed by atoms with Gasteiger partial charge in [-0.25, -0.2) is 0 Å². The number of nitrogens with zero attached hydrogens (tertiary/aromatic N) is 2. The quantitative estimate of drug-likeness (QED) is 0.224. The van der Waals surface area contributed by atoms with E-state index in [1.54, 1.807) is 0 Å². The molecule has 10 unspecified atom stereocenters. The molecule has 0 spiro atoms. The van der Waals surface area contributed by atoms with Gasteiger partial charge in [-0.05, 0) is 189 Å². The predicted octanol–water partition coefficient (Wildman–Crippen LogP) is 9.52. The van der Waals surface area contributed by atoms with Crippen LogP contribution in [-0.2, 0) is 18.9 Å². The SMILES string of the molecule is COC1CCC(N(C2CCC(C)CC2)C2CC(OC)C3CCC4C5C(CCC2C35)C(OC)CC4N(C2CCC(C)CC2)C2CCC(OC)CC2)CC1. The summed E-state index contributed by atoms with van der Waals surface area (Å²) in [4.78, 5) is 6.49. The van der Waals surface area contributed by atoms with Crippen LogP contribution < -0.4 is 0 Å². The highest BCUT2D eigenvalue weighted by atomic mass is 16.5. The van der Waals surface area contributed by atoms with Crippen molar-refractivity contribution in [1.29, 1.82) is 0 Å². The van der Waals surface area contributed by atoms with Crippen LogP contribution in [0.3, 0.4) is 0 Å². The van der Waals surface area contributed by atoms with Crippen molar-refractivity contribution in [2.45, 2.75) is 216 Å². The molecule has 10 atom stereocenters. The Kier molecular flexibility index (Phi) is 12.7. The number of rotatable bonds is 10. The zero-order chi connectivity index (χ0) is 35.9. The molecular formula is C46H80N2O4. The molecule has 0 saturated heterocycles. The molecule has 8 aliphatic rings. The van der Waals surface area contributed by atoms with Crippen LogP contribution in [0.15, 0.2) is 0 Å². The molecule has 6 heteroatoms. The third kappa shape index (κ3) is 7.48. The summed E-state index contributed by atoms with van der Waals surface area (Å²) in [6, 6.07) is 4.31. The van der Waals surface area contributed by atoms with Gasteiger partial charge in [0.15, 0.2) is 0 Å². The first-order chi connectivity index (χ1) is 25.4. The minimum absolute atomic E-state index is 0.410. The fourth-order valence-electron chi connectivity index (χ4n) is 15.4. The van der Waals surface area contributed by atoms with Gasteiger partial charge < -0.3 is 18.9 Å². The maximum absolute atomic E-state index is 6.70. The zero-order valence-electron chi connectivity index (χ0n) is 34.5. The highest BCUT2D eigenvalue weighted by Crippen LogP contribution is 2.63. The van der Waals surface area contributed by atoms with Crippen molar-refractivity contribution in [3.63, 3.8) is 0 Å². The van der Waals surface area contributed by atoms with Gasteiger partial charge in [0, 0.05) is 64.7 Å².